The molecule has 0 bridgehead atoms. The number of ether oxygens (including phenoxy) is 1. The van der Waals surface area contributed by atoms with Crippen LogP contribution < -0.4 is 16.2 Å². The first-order valence-corrected chi connectivity index (χ1v) is 19.4. The van der Waals surface area contributed by atoms with Crippen LogP contribution in [0.2, 0.25) is 0 Å². The summed E-state index contributed by atoms with van der Waals surface area (Å²) in [6.07, 6.45) is 0.266. The fourth-order valence-corrected chi connectivity index (χ4v) is 6.62. The minimum Gasteiger partial charge on any atom is -0.378 e. The molecule has 3 N–H and O–H groups in total. The number of alkyl halides is 2. The third kappa shape index (κ3) is 11.0. The molecule has 16 heteroatoms. The van der Waals surface area contributed by atoms with E-state index in [0.717, 1.165) is 13.0 Å². The van der Waals surface area contributed by atoms with Crippen LogP contribution in [0.15, 0.2) is 83.7 Å². The van der Waals surface area contributed by atoms with Crippen molar-refractivity contribution in [1.82, 2.24) is 30.6 Å². The van der Waals surface area contributed by atoms with Crippen molar-refractivity contribution in [2.24, 2.45) is 0 Å². The summed E-state index contributed by atoms with van der Waals surface area (Å²) in [4.78, 5) is 54.2. The van der Waals surface area contributed by atoms with Crippen molar-refractivity contribution in [3.05, 3.63) is 134 Å². The largest absolute Gasteiger partial charge is 0.378 e. The predicted molar refractivity (Wildman–Crippen MR) is 218 cm³/mol. The molecular formula is C44H45F4N7O5. The van der Waals surface area contributed by atoms with Gasteiger partial charge in [-0.25, -0.2) is 22.7 Å². The van der Waals surface area contributed by atoms with Crippen molar-refractivity contribution in [3.63, 3.8) is 0 Å². The molecule has 5 aromatic rings. The Morgan fingerprint density at radius 3 is 2.28 bits per heavy atom. The van der Waals surface area contributed by atoms with Crippen LogP contribution in [0.4, 0.5) is 17.6 Å². The van der Waals surface area contributed by atoms with E-state index in [1.807, 2.05) is 13.8 Å². The van der Waals surface area contributed by atoms with Crippen molar-refractivity contribution >= 4 is 28.5 Å². The van der Waals surface area contributed by atoms with Gasteiger partial charge in [-0.05, 0) is 53.1 Å². The average molecular weight is 828 g/mol. The first-order valence-electron chi connectivity index (χ1n) is 19.4. The lowest BCUT2D eigenvalue weighted by Crippen LogP contribution is -2.52. The Balaban J connectivity index is 0.00000336. The average Bonchev–Trinajstić information content (AvgIpc) is 3.26. The molecule has 1 saturated heterocycles. The first-order chi connectivity index (χ1) is 28.8. The lowest BCUT2D eigenvalue weighted by atomic mass is 9.96. The number of amides is 3. The summed E-state index contributed by atoms with van der Waals surface area (Å²) in [5, 5.41) is 22.9. The summed E-state index contributed by atoms with van der Waals surface area (Å²) in [5.41, 5.74) is 0.263. The maximum Gasteiger partial charge on any atom is 0.272 e. The number of piperazine rings is 1. The smallest absolute Gasteiger partial charge is 0.272 e. The number of H-pyrrole nitrogens is 1. The third-order valence-corrected chi connectivity index (χ3v) is 9.70. The minimum atomic E-state index is -3.12. The summed E-state index contributed by atoms with van der Waals surface area (Å²) in [6, 6.07) is 20.8. The molecule has 4 aromatic carbocycles. The van der Waals surface area contributed by atoms with E-state index in [4.69, 9.17) is 4.74 Å². The number of aromatic amines is 1. The summed E-state index contributed by atoms with van der Waals surface area (Å²) in [7, 11) is 0. The molecular weight excluding hydrogens is 783 g/mol. The molecule has 12 nitrogen and oxygen atoms in total. The highest BCUT2D eigenvalue weighted by molar-refractivity contribution is 5.98. The zero-order valence-corrected chi connectivity index (χ0v) is 33.4. The van der Waals surface area contributed by atoms with E-state index < -0.39 is 34.9 Å². The highest BCUT2D eigenvalue weighted by Gasteiger charge is 2.27. The number of nitrogens with one attached hydrogen (secondary N) is 3. The Morgan fingerprint density at radius 1 is 0.867 bits per heavy atom. The van der Waals surface area contributed by atoms with Gasteiger partial charge in [-0.15, -0.1) is 0 Å². The fraction of sp³-hybridized carbons (Fsp3) is 0.318. The van der Waals surface area contributed by atoms with Gasteiger partial charge < -0.3 is 25.2 Å². The third-order valence-electron chi connectivity index (χ3n) is 9.70. The number of rotatable bonds is 14. The molecule has 0 spiro atoms. The number of hydrogen-bond acceptors (Lipinski definition) is 8. The van der Waals surface area contributed by atoms with Crippen molar-refractivity contribution in [1.29, 1.82) is 5.26 Å². The van der Waals surface area contributed by atoms with Crippen LogP contribution in [-0.2, 0) is 21.9 Å². The molecule has 1 aromatic heterocycles. The van der Waals surface area contributed by atoms with Crippen molar-refractivity contribution in [2.75, 3.05) is 59.0 Å². The maximum absolute atomic E-state index is 15.1. The standard InChI is InChI=1S/C42H39F4N7O5.C2H6/c1-42(45,46)30-6-4-5-27(22-30)28-21-29(24-47)38(35(44)23-28)40(56)49-12-18-58-17-11-48-25-37(54)52-13-15-53(16-14-52)41(57)33-19-26(9-10-34(33)43)20-36-31-7-2-3-8-32(31)39(55)51-50-36;1-2/h2-10,19,21-23,48H,11-18,20,25H2,1H3,(H,49,56)(H,51,55);1-2H3. The molecule has 1 fully saturated rings. The van der Waals surface area contributed by atoms with Gasteiger partial charge in [-0.2, -0.15) is 10.4 Å². The molecule has 314 valence electrons. The van der Waals surface area contributed by atoms with Crippen LogP contribution in [0.1, 0.15) is 63.9 Å². The van der Waals surface area contributed by atoms with Crippen LogP contribution in [-0.4, -0.2) is 96.7 Å². The summed E-state index contributed by atoms with van der Waals surface area (Å²) >= 11 is 0. The van der Waals surface area contributed by atoms with Gasteiger partial charge in [-0.3, -0.25) is 19.2 Å². The number of benzene rings is 4. The lowest BCUT2D eigenvalue weighted by Gasteiger charge is -2.35. The van der Waals surface area contributed by atoms with E-state index in [1.165, 1.54) is 47.4 Å². The first kappa shape index (κ1) is 44.7. The van der Waals surface area contributed by atoms with E-state index in [9.17, 15) is 37.6 Å². The van der Waals surface area contributed by atoms with Crippen molar-refractivity contribution in [3.8, 4) is 17.2 Å². The van der Waals surface area contributed by atoms with Crippen molar-refractivity contribution in [2.45, 2.75) is 33.1 Å². The molecule has 60 heavy (non-hydrogen) atoms. The minimum absolute atomic E-state index is 0.00188. The van der Waals surface area contributed by atoms with Gasteiger partial charge in [-0.1, -0.05) is 56.3 Å². The monoisotopic (exact) mass is 827 g/mol. The van der Waals surface area contributed by atoms with E-state index in [0.29, 0.717) is 28.6 Å². The zero-order chi connectivity index (χ0) is 43.4. The molecule has 2 heterocycles. The number of fused-ring (bicyclic) bond motifs is 1. The number of nitriles is 1. The van der Waals surface area contributed by atoms with E-state index >= 15 is 4.39 Å². The summed E-state index contributed by atoms with van der Waals surface area (Å²) in [6.45, 7) is 6.26. The number of hydrogen-bond donors (Lipinski definition) is 3. The molecule has 1 aliphatic heterocycles. The SMILES string of the molecule is CC.CC(F)(F)c1cccc(-c2cc(F)c(C(=O)NCCOCCNCC(=O)N3CCN(C(=O)c4cc(Cc5n[nH]c(=O)c6ccccc56)ccc4F)CC3)c(C#N)c2)c1. The Hall–Kier alpha value is -6.44. The van der Waals surface area contributed by atoms with Crippen LogP contribution in [0.25, 0.3) is 21.9 Å². The summed E-state index contributed by atoms with van der Waals surface area (Å²) in [5.74, 6) is -6.27. The van der Waals surface area contributed by atoms with Crippen molar-refractivity contribution < 1.29 is 36.7 Å². The molecule has 0 atom stereocenters. The maximum atomic E-state index is 15.1. The molecule has 1 aliphatic rings. The molecule has 3 amide bonds. The van der Waals surface area contributed by atoms with E-state index in [-0.39, 0.29) is 98.2 Å². The number of carbonyl (C=O) groups is 3. The number of nitrogens with zero attached hydrogens (tertiary/aromatic N) is 4. The van der Waals surface area contributed by atoms with Gasteiger partial charge in [0, 0.05) is 63.6 Å². The van der Waals surface area contributed by atoms with E-state index in [1.54, 1.807) is 41.3 Å². The topological polar surface area (TPSA) is 161 Å². The Labute approximate surface area is 344 Å². The number of carbonyl (C=O) groups excluding carboxylic acids is 3. The Bertz CT molecular complexity index is 2440. The molecule has 0 radical (unpaired) electrons. The predicted octanol–water partition coefficient (Wildman–Crippen LogP) is 5.79. The highest BCUT2D eigenvalue weighted by Crippen LogP contribution is 2.32. The normalized spacial score (nSPS) is 12.7. The Kier molecular flexibility index (Phi) is 15.3. The van der Waals surface area contributed by atoms with Gasteiger partial charge in [0.15, 0.2) is 0 Å². The van der Waals surface area contributed by atoms with E-state index in [2.05, 4.69) is 20.8 Å². The quantitative estimate of drug-likeness (QED) is 0.0938. The van der Waals surface area contributed by atoms with Gasteiger partial charge in [0.1, 0.15) is 17.7 Å². The number of halogens is 4. The second-order valence-electron chi connectivity index (χ2n) is 13.7. The Morgan fingerprint density at radius 2 is 1.57 bits per heavy atom. The van der Waals surface area contributed by atoms with Gasteiger partial charge in [0.25, 0.3) is 23.3 Å². The van der Waals surface area contributed by atoms with Crippen LogP contribution in [0, 0.1) is 23.0 Å². The highest BCUT2D eigenvalue weighted by atomic mass is 19.3. The second-order valence-corrected chi connectivity index (χ2v) is 13.7. The molecule has 0 unspecified atom stereocenters. The molecule has 0 saturated carbocycles. The zero-order valence-electron chi connectivity index (χ0n) is 33.4. The van der Waals surface area contributed by atoms with Crippen LogP contribution in [0.5, 0.6) is 0 Å². The lowest BCUT2D eigenvalue weighted by molar-refractivity contribution is -0.131. The number of aromatic nitrogens is 2. The van der Waals surface area contributed by atoms with Gasteiger partial charge in [0.2, 0.25) is 5.91 Å². The van der Waals surface area contributed by atoms with Gasteiger partial charge >= 0.3 is 0 Å². The van der Waals surface area contributed by atoms with Crippen LogP contribution >= 0.6 is 0 Å². The molecule has 6 rings (SSSR count). The fourth-order valence-electron chi connectivity index (χ4n) is 6.62. The molecule has 0 aliphatic carbocycles. The second kappa shape index (κ2) is 20.5. The van der Waals surface area contributed by atoms with Gasteiger partial charge in [0.05, 0.1) is 47.5 Å². The summed E-state index contributed by atoms with van der Waals surface area (Å²) < 4.78 is 63.1. The van der Waals surface area contributed by atoms with Crippen LogP contribution in [0.3, 0.4) is 0 Å².